The molecular formula is C18H22O7. The Labute approximate surface area is 146 Å². The molecule has 1 aromatic carbocycles. The number of carbonyl (C=O) groups excluding carboxylic acids is 3. The molecule has 0 amide bonds. The van der Waals surface area contributed by atoms with Crippen molar-refractivity contribution in [1.82, 2.24) is 0 Å². The zero-order valence-corrected chi connectivity index (χ0v) is 14.7. The van der Waals surface area contributed by atoms with E-state index in [4.69, 9.17) is 18.9 Å². The quantitative estimate of drug-likeness (QED) is 0.453. The molecule has 7 heteroatoms. The molecule has 136 valence electrons. The molecule has 25 heavy (non-hydrogen) atoms. The molecule has 0 spiro atoms. The molecule has 0 saturated heterocycles. The van der Waals surface area contributed by atoms with Crippen molar-refractivity contribution in [2.75, 3.05) is 27.9 Å². The van der Waals surface area contributed by atoms with Crippen molar-refractivity contribution in [3.63, 3.8) is 0 Å². The van der Waals surface area contributed by atoms with Gasteiger partial charge in [-0.15, -0.1) is 0 Å². The van der Waals surface area contributed by atoms with Crippen molar-refractivity contribution >= 4 is 17.9 Å². The number of rotatable bonds is 5. The molecule has 1 heterocycles. The summed E-state index contributed by atoms with van der Waals surface area (Å²) < 4.78 is 20.1. The van der Waals surface area contributed by atoms with Gasteiger partial charge < -0.3 is 18.9 Å². The molecule has 0 saturated carbocycles. The van der Waals surface area contributed by atoms with Crippen molar-refractivity contribution in [2.45, 2.75) is 19.3 Å². The highest BCUT2D eigenvalue weighted by Gasteiger charge is 2.46. The van der Waals surface area contributed by atoms with E-state index < -0.39 is 35.7 Å². The van der Waals surface area contributed by atoms with Crippen LogP contribution in [0.4, 0.5) is 0 Å². The van der Waals surface area contributed by atoms with Crippen LogP contribution in [-0.4, -0.2) is 45.8 Å². The third-order valence-corrected chi connectivity index (χ3v) is 4.41. The van der Waals surface area contributed by atoms with Gasteiger partial charge in [0.05, 0.1) is 34.4 Å². The molecule has 7 nitrogen and oxygen atoms in total. The predicted molar refractivity (Wildman–Crippen MR) is 87.1 cm³/mol. The second-order valence-electron chi connectivity index (χ2n) is 5.94. The topological polar surface area (TPSA) is 88.1 Å². The van der Waals surface area contributed by atoms with Crippen LogP contribution in [0.2, 0.25) is 0 Å². The van der Waals surface area contributed by atoms with Crippen molar-refractivity contribution < 1.29 is 33.3 Å². The Kier molecular flexibility index (Phi) is 6.01. The van der Waals surface area contributed by atoms with Gasteiger partial charge in [0.2, 0.25) is 0 Å². The Balaban J connectivity index is 2.54. The van der Waals surface area contributed by atoms with Gasteiger partial charge in [0.25, 0.3) is 0 Å². The lowest BCUT2D eigenvalue weighted by Gasteiger charge is -2.36. The van der Waals surface area contributed by atoms with Gasteiger partial charge in [-0.1, -0.05) is 17.7 Å². The van der Waals surface area contributed by atoms with E-state index in [2.05, 4.69) is 0 Å². The molecular weight excluding hydrogens is 328 g/mol. The lowest BCUT2D eigenvalue weighted by atomic mass is 9.73. The molecule has 0 N–H and O–H groups in total. The number of benzene rings is 1. The number of hydrogen-bond acceptors (Lipinski definition) is 7. The van der Waals surface area contributed by atoms with E-state index in [0.717, 1.165) is 5.56 Å². The van der Waals surface area contributed by atoms with Gasteiger partial charge in [-0.2, -0.15) is 0 Å². The number of ether oxygens (including phenoxy) is 4. The van der Waals surface area contributed by atoms with E-state index in [0.29, 0.717) is 11.3 Å². The van der Waals surface area contributed by atoms with Crippen LogP contribution in [-0.2, 0) is 28.6 Å². The SMILES string of the molecule is COC(=O)CC1COc2ccc(C)cc2C1C(C(=O)OC)C(=O)OC. The van der Waals surface area contributed by atoms with Gasteiger partial charge in [0.15, 0.2) is 5.92 Å². The highest BCUT2D eigenvalue weighted by molar-refractivity contribution is 5.96. The predicted octanol–water partition coefficient (Wildman–Crippen LogP) is 1.61. The number of hydrogen-bond donors (Lipinski definition) is 0. The maximum Gasteiger partial charge on any atom is 0.320 e. The first-order valence-electron chi connectivity index (χ1n) is 7.88. The first-order chi connectivity index (χ1) is 11.9. The summed E-state index contributed by atoms with van der Waals surface area (Å²) >= 11 is 0. The summed E-state index contributed by atoms with van der Waals surface area (Å²) in [5, 5.41) is 0. The number of aryl methyl sites for hydroxylation is 1. The van der Waals surface area contributed by atoms with Crippen molar-refractivity contribution in [2.24, 2.45) is 11.8 Å². The van der Waals surface area contributed by atoms with E-state index in [1.54, 1.807) is 6.07 Å². The molecule has 0 aromatic heterocycles. The Hall–Kier alpha value is -2.57. The van der Waals surface area contributed by atoms with Crippen LogP contribution in [0.15, 0.2) is 18.2 Å². The molecule has 0 radical (unpaired) electrons. The summed E-state index contributed by atoms with van der Waals surface area (Å²) in [5.74, 6) is -3.50. The summed E-state index contributed by atoms with van der Waals surface area (Å²) in [6.07, 6.45) is 0.0129. The van der Waals surface area contributed by atoms with E-state index in [9.17, 15) is 14.4 Å². The Morgan fingerprint density at radius 3 is 2.32 bits per heavy atom. The number of methoxy groups -OCH3 is 3. The molecule has 2 rings (SSSR count). The zero-order chi connectivity index (χ0) is 18.6. The van der Waals surface area contributed by atoms with Crippen molar-refractivity contribution in [3.8, 4) is 5.75 Å². The molecule has 1 aliphatic heterocycles. The second kappa shape index (κ2) is 8.00. The standard InChI is InChI=1S/C18H22O7/c1-10-5-6-13-12(7-10)15(11(9-25-13)8-14(19)22-2)16(17(20)23-3)18(21)24-4/h5-7,11,15-16H,8-9H2,1-4H3. The molecule has 2 atom stereocenters. The van der Waals surface area contributed by atoms with Gasteiger partial charge in [0.1, 0.15) is 5.75 Å². The van der Waals surface area contributed by atoms with Gasteiger partial charge in [0, 0.05) is 11.8 Å². The van der Waals surface area contributed by atoms with Crippen LogP contribution in [0.5, 0.6) is 5.75 Å². The van der Waals surface area contributed by atoms with Crippen LogP contribution in [0, 0.1) is 18.8 Å². The minimum Gasteiger partial charge on any atom is -0.493 e. The molecule has 0 fully saturated rings. The second-order valence-corrected chi connectivity index (χ2v) is 5.94. The lowest BCUT2D eigenvalue weighted by Crippen LogP contribution is -2.40. The van der Waals surface area contributed by atoms with Gasteiger partial charge >= 0.3 is 17.9 Å². The molecule has 1 aromatic rings. The Bertz CT molecular complexity index is 651. The summed E-state index contributed by atoms with van der Waals surface area (Å²) in [7, 11) is 3.71. The number of fused-ring (bicyclic) bond motifs is 1. The smallest absolute Gasteiger partial charge is 0.320 e. The van der Waals surface area contributed by atoms with E-state index >= 15 is 0 Å². The minimum absolute atomic E-state index is 0.0129. The third kappa shape index (κ3) is 3.92. The monoisotopic (exact) mass is 350 g/mol. The van der Waals surface area contributed by atoms with Crippen LogP contribution >= 0.6 is 0 Å². The Morgan fingerprint density at radius 2 is 1.76 bits per heavy atom. The van der Waals surface area contributed by atoms with E-state index in [1.807, 2.05) is 19.1 Å². The summed E-state index contributed by atoms with van der Waals surface area (Å²) in [4.78, 5) is 36.5. The third-order valence-electron chi connectivity index (χ3n) is 4.41. The number of esters is 3. The molecule has 0 bridgehead atoms. The lowest BCUT2D eigenvalue weighted by molar-refractivity contribution is -0.162. The van der Waals surface area contributed by atoms with Crippen LogP contribution in [0.25, 0.3) is 0 Å². The van der Waals surface area contributed by atoms with Gasteiger partial charge in [-0.25, -0.2) is 0 Å². The van der Waals surface area contributed by atoms with Crippen LogP contribution < -0.4 is 4.74 Å². The highest BCUT2D eigenvalue weighted by Crippen LogP contribution is 2.44. The first-order valence-corrected chi connectivity index (χ1v) is 7.88. The fourth-order valence-electron chi connectivity index (χ4n) is 3.19. The van der Waals surface area contributed by atoms with Crippen LogP contribution in [0.3, 0.4) is 0 Å². The summed E-state index contributed by atoms with van der Waals surface area (Å²) in [6.45, 7) is 2.08. The molecule has 1 aliphatic rings. The average molecular weight is 350 g/mol. The van der Waals surface area contributed by atoms with Gasteiger partial charge in [-0.3, -0.25) is 14.4 Å². The average Bonchev–Trinajstić information content (AvgIpc) is 2.62. The summed E-state index contributed by atoms with van der Waals surface area (Å²) in [6, 6.07) is 5.52. The fourth-order valence-corrected chi connectivity index (χ4v) is 3.19. The first kappa shape index (κ1) is 18.8. The zero-order valence-electron chi connectivity index (χ0n) is 14.7. The van der Waals surface area contributed by atoms with Crippen molar-refractivity contribution in [3.05, 3.63) is 29.3 Å². The maximum absolute atomic E-state index is 12.3. The minimum atomic E-state index is -1.19. The van der Waals surface area contributed by atoms with Crippen molar-refractivity contribution in [1.29, 1.82) is 0 Å². The van der Waals surface area contributed by atoms with E-state index in [-0.39, 0.29) is 13.0 Å². The highest BCUT2D eigenvalue weighted by atomic mass is 16.5. The van der Waals surface area contributed by atoms with Gasteiger partial charge in [-0.05, 0) is 18.6 Å². The number of carbonyl (C=O) groups is 3. The Morgan fingerprint density at radius 1 is 1.12 bits per heavy atom. The normalized spacial score (nSPS) is 18.8. The molecule has 0 aliphatic carbocycles. The molecule has 2 unspecified atom stereocenters. The van der Waals surface area contributed by atoms with Crippen LogP contribution in [0.1, 0.15) is 23.5 Å². The van der Waals surface area contributed by atoms with E-state index in [1.165, 1.54) is 21.3 Å². The fraction of sp³-hybridized carbons (Fsp3) is 0.500. The largest absolute Gasteiger partial charge is 0.493 e. The maximum atomic E-state index is 12.3. The summed E-state index contributed by atoms with van der Waals surface area (Å²) in [5.41, 5.74) is 1.63.